The monoisotopic (exact) mass is 289 g/mol. The molecule has 1 aliphatic rings. The maximum atomic E-state index is 11.9. The third-order valence-corrected chi connectivity index (χ3v) is 5.14. The molecule has 6 heteroatoms. The molecule has 110 valence electrons. The summed E-state index contributed by atoms with van der Waals surface area (Å²) in [5.74, 6) is 0.00407. The Balaban J connectivity index is 2.54. The van der Waals surface area contributed by atoms with Crippen LogP contribution in [0.5, 0.6) is 0 Å². The van der Waals surface area contributed by atoms with E-state index in [9.17, 15) is 13.2 Å². The quantitative estimate of drug-likeness (QED) is 0.745. The van der Waals surface area contributed by atoms with Crippen LogP contribution in [-0.2, 0) is 14.6 Å². The molecular formula is C13H23NO4S. The van der Waals surface area contributed by atoms with Crippen molar-refractivity contribution in [3.63, 3.8) is 0 Å². The second kappa shape index (κ2) is 5.94. The third-order valence-electron chi connectivity index (χ3n) is 2.95. The number of piperidine rings is 1. The van der Waals surface area contributed by atoms with Crippen LogP contribution in [0.15, 0.2) is 12.7 Å². The van der Waals surface area contributed by atoms with Gasteiger partial charge in [-0.05, 0) is 33.6 Å². The zero-order chi connectivity index (χ0) is 14.7. The maximum Gasteiger partial charge on any atom is 0.410 e. The molecule has 0 radical (unpaired) electrons. The fourth-order valence-corrected chi connectivity index (χ4v) is 3.55. The molecule has 1 rings (SSSR count). The molecule has 0 unspecified atom stereocenters. The molecular weight excluding hydrogens is 266 g/mol. The predicted molar refractivity (Wildman–Crippen MR) is 74.8 cm³/mol. The standard InChI is InChI=1S/C13H23NO4S/c1-5-10-19(16,17)11-6-8-14(9-7-11)12(15)18-13(2,3)4/h5,11H,1,6-10H2,2-4H3. The molecule has 0 spiro atoms. The van der Waals surface area contributed by atoms with E-state index in [0.717, 1.165) is 0 Å². The van der Waals surface area contributed by atoms with Crippen molar-refractivity contribution in [1.82, 2.24) is 4.90 Å². The molecule has 0 saturated carbocycles. The molecule has 0 aromatic rings. The highest BCUT2D eigenvalue weighted by Gasteiger charge is 2.32. The van der Waals surface area contributed by atoms with E-state index in [4.69, 9.17) is 4.74 Å². The topological polar surface area (TPSA) is 63.7 Å². The van der Waals surface area contributed by atoms with Crippen LogP contribution >= 0.6 is 0 Å². The van der Waals surface area contributed by atoms with E-state index >= 15 is 0 Å². The van der Waals surface area contributed by atoms with E-state index in [2.05, 4.69) is 6.58 Å². The van der Waals surface area contributed by atoms with Crippen molar-refractivity contribution in [2.75, 3.05) is 18.8 Å². The number of sulfone groups is 1. The minimum Gasteiger partial charge on any atom is -0.444 e. The van der Waals surface area contributed by atoms with Gasteiger partial charge in [0, 0.05) is 13.1 Å². The summed E-state index contributed by atoms with van der Waals surface area (Å²) in [4.78, 5) is 13.4. The molecule has 1 amide bonds. The summed E-state index contributed by atoms with van der Waals surface area (Å²) >= 11 is 0. The average molecular weight is 289 g/mol. The van der Waals surface area contributed by atoms with Gasteiger partial charge in [-0.15, -0.1) is 6.58 Å². The van der Waals surface area contributed by atoms with Gasteiger partial charge in [-0.25, -0.2) is 13.2 Å². The summed E-state index contributed by atoms with van der Waals surface area (Å²) in [6.45, 7) is 9.75. The molecule has 1 heterocycles. The van der Waals surface area contributed by atoms with Crippen LogP contribution in [0.25, 0.3) is 0 Å². The number of ether oxygens (including phenoxy) is 1. The molecule has 0 atom stereocenters. The van der Waals surface area contributed by atoms with Crippen molar-refractivity contribution in [3.8, 4) is 0 Å². The second-order valence-corrected chi connectivity index (χ2v) is 8.11. The van der Waals surface area contributed by atoms with E-state index in [1.807, 2.05) is 20.8 Å². The highest BCUT2D eigenvalue weighted by molar-refractivity contribution is 7.92. The molecule has 0 bridgehead atoms. The summed E-state index contributed by atoms with van der Waals surface area (Å²) in [6, 6.07) is 0. The predicted octanol–water partition coefficient (Wildman–Crippen LogP) is 1.99. The molecule has 5 nitrogen and oxygen atoms in total. The summed E-state index contributed by atoms with van der Waals surface area (Å²) in [5, 5.41) is -0.371. The number of hydrogen-bond acceptors (Lipinski definition) is 4. The van der Waals surface area contributed by atoms with Crippen LogP contribution in [0.4, 0.5) is 4.79 Å². The zero-order valence-electron chi connectivity index (χ0n) is 11.9. The van der Waals surface area contributed by atoms with Crippen LogP contribution in [-0.4, -0.2) is 49.1 Å². The number of carbonyl (C=O) groups excluding carboxylic acids is 1. The van der Waals surface area contributed by atoms with Crippen molar-refractivity contribution in [1.29, 1.82) is 0 Å². The van der Waals surface area contributed by atoms with Crippen LogP contribution in [0.3, 0.4) is 0 Å². The zero-order valence-corrected chi connectivity index (χ0v) is 12.7. The molecule has 1 aliphatic heterocycles. The molecule has 19 heavy (non-hydrogen) atoms. The van der Waals surface area contributed by atoms with Crippen molar-refractivity contribution >= 4 is 15.9 Å². The van der Waals surface area contributed by atoms with Gasteiger partial charge in [0.2, 0.25) is 0 Å². The van der Waals surface area contributed by atoms with Crippen molar-refractivity contribution in [3.05, 3.63) is 12.7 Å². The molecule has 1 fully saturated rings. The van der Waals surface area contributed by atoms with E-state index in [1.165, 1.54) is 6.08 Å². The molecule has 0 aliphatic carbocycles. The first-order valence-electron chi connectivity index (χ1n) is 6.46. The Bertz CT molecular complexity index is 428. The fraction of sp³-hybridized carbons (Fsp3) is 0.769. The Morgan fingerprint density at radius 1 is 1.37 bits per heavy atom. The first kappa shape index (κ1) is 16.0. The van der Waals surface area contributed by atoms with Crippen LogP contribution < -0.4 is 0 Å². The Morgan fingerprint density at radius 2 is 1.89 bits per heavy atom. The highest BCUT2D eigenvalue weighted by Crippen LogP contribution is 2.20. The number of likely N-dealkylation sites (tertiary alicyclic amines) is 1. The van der Waals surface area contributed by atoms with Gasteiger partial charge in [-0.3, -0.25) is 0 Å². The fourth-order valence-electron chi connectivity index (χ4n) is 2.02. The summed E-state index contributed by atoms with van der Waals surface area (Å²) in [7, 11) is -3.11. The van der Waals surface area contributed by atoms with Crippen molar-refractivity contribution in [2.24, 2.45) is 0 Å². The third kappa shape index (κ3) is 4.86. The van der Waals surface area contributed by atoms with Gasteiger partial charge < -0.3 is 9.64 Å². The number of carbonyl (C=O) groups is 1. The number of hydrogen-bond donors (Lipinski definition) is 0. The van der Waals surface area contributed by atoms with Crippen molar-refractivity contribution in [2.45, 2.75) is 44.5 Å². The smallest absolute Gasteiger partial charge is 0.410 e. The molecule has 0 aromatic carbocycles. The van der Waals surface area contributed by atoms with Crippen LogP contribution in [0.2, 0.25) is 0 Å². The SMILES string of the molecule is C=CCS(=O)(=O)C1CCN(C(=O)OC(C)(C)C)CC1. The normalized spacial score (nSPS) is 18.2. The van der Waals surface area contributed by atoms with Gasteiger partial charge in [0.05, 0.1) is 11.0 Å². The Hall–Kier alpha value is -1.04. The lowest BCUT2D eigenvalue weighted by molar-refractivity contribution is 0.0217. The lowest BCUT2D eigenvalue weighted by Gasteiger charge is -2.33. The van der Waals surface area contributed by atoms with Crippen LogP contribution in [0.1, 0.15) is 33.6 Å². The number of rotatable bonds is 3. The van der Waals surface area contributed by atoms with E-state index in [-0.39, 0.29) is 17.1 Å². The minimum atomic E-state index is -3.11. The van der Waals surface area contributed by atoms with E-state index in [0.29, 0.717) is 25.9 Å². The number of amides is 1. The maximum absolute atomic E-state index is 11.9. The lowest BCUT2D eigenvalue weighted by atomic mass is 10.1. The number of nitrogens with zero attached hydrogens (tertiary/aromatic N) is 1. The van der Waals surface area contributed by atoms with Gasteiger partial charge in [-0.1, -0.05) is 6.08 Å². The first-order valence-corrected chi connectivity index (χ1v) is 8.17. The first-order chi connectivity index (χ1) is 8.65. The van der Waals surface area contributed by atoms with Gasteiger partial charge >= 0.3 is 6.09 Å². The molecule has 0 N–H and O–H groups in total. The summed E-state index contributed by atoms with van der Waals surface area (Å²) < 4.78 is 29.0. The largest absolute Gasteiger partial charge is 0.444 e. The van der Waals surface area contributed by atoms with Gasteiger partial charge in [0.15, 0.2) is 9.84 Å². The lowest BCUT2D eigenvalue weighted by Crippen LogP contribution is -2.44. The Labute approximate surface area is 115 Å². The highest BCUT2D eigenvalue weighted by atomic mass is 32.2. The van der Waals surface area contributed by atoms with Crippen LogP contribution in [0, 0.1) is 0 Å². The van der Waals surface area contributed by atoms with Gasteiger partial charge in [-0.2, -0.15) is 0 Å². The van der Waals surface area contributed by atoms with E-state index < -0.39 is 15.4 Å². The summed E-state index contributed by atoms with van der Waals surface area (Å²) in [6.07, 6.45) is 1.98. The second-order valence-electron chi connectivity index (χ2n) is 5.78. The Morgan fingerprint density at radius 3 is 2.32 bits per heavy atom. The van der Waals surface area contributed by atoms with Gasteiger partial charge in [0.25, 0.3) is 0 Å². The van der Waals surface area contributed by atoms with E-state index in [1.54, 1.807) is 4.90 Å². The molecule has 0 aromatic heterocycles. The van der Waals surface area contributed by atoms with Crippen molar-refractivity contribution < 1.29 is 17.9 Å². The minimum absolute atomic E-state index is 0.00407. The summed E-state index contributed by atoms with van der Waals surface area (Å²) in [5.41, 5.74) is -0.525. The van der Waals surface area contributed by atoms with Gasteiger partial charge in [0.1, 0.15) is 5.60 Å². The Kier molecular flexibility index (Phi) is 5.01. The average Bonchev–Trinajstić information content (AvgIpc) is 2.27. The molecule has 1 saturated heterocycles.